The molecule has 0 spiro atoms. The van der Waals surface area contributed by atoms with Gasteiger partial charge in [0.15, 0.2) is 28.8 Å². The minimum absolute atomic E-state index is 0.0868. The van der Waals surface area contributed by atoms with E-state index in [4.69, 9.17) is 42.1 Å². The number of benzene rings is 2. The fourth-order valence-corrected chi connectivity index (χ4v) is 5.21. The lowest BCUT2D eigenvalue weighted by molar-refractivity contribution is -0.112. The first kappa shape index (κ1) is 32.9. The standard InChI is InChI=1S/C34H44Cl2O5/c1-38-32-24-26(14-16-30(32)40-20-9-5-3-7-18-35)22-28-12-11-13-29(34(28)37)23-27-15-17-31(33(25-27)39-2)41-21-10-6-4-8-19-36/h14-17,22-25H,3-13,18-21H2,1-2H3. The summed E-state index contributed by atoms with van der Waals surface area (Å²) in [7, 11) is 3.28. The first-order valence-electron chi connectivity index (χ1n) is 14.8. The molecule has 2 aromatic carbocycles. The van der Waals surface area contributed by atoms with Crippen LogP contribution in [0.5, 0.6) is 23.0 Å². The van der Waals surface area contributed by atoms with Gasteiger partial charge in [0.05, 0.1) is 27.4 Å². The molecule has 1 aliphatic rings. The Hall–Kier alpha value is -2.63. The Morgan fingerprint density at radius 3 is 1.49 bits per heavy atom. The normalized spacial score (nSPS) is 15.4. The molecule has 1 aliphatic carbocycles. The summed E-state index contributed by atoms with van der Waals surface area (Å²) in [6.07, 6.45) is 14.8. The fourth-order valence-electron chi connectivity index (χ4n) is 4.83. The second-order valence-electron chi connectivity index (χ2n) is 10.2. The van der Waals surface area contributed by atoms with Crippen molar-refractivity contribution in [2.24, 2.45) is 0 Å². The molecule has 0 unspecified atom stereocenters. The fraction of sp³-hybridized carbons (Fsp3) is 0.500. The number of carbonyl (C=O) groups excluding carboxylic acids is 1. The maximum absolute atomic E-state index is 13.4. The van der Waals surface area contributed by atoms with Crippen LogP contribution in [0.3, 0.4) is 0 Å². The van der Waals surface area contributed by atoms with Gasteiger partial charge in [-0.05, 0) is 92.5 Å². The van der Waals surface area contributed by atoms with Crippen molar-refractivity contribution in [1.82, 2.24) is 0 Å². The van der Waals surface area contributed by atoms with E-state index in [1.165, 1.54) is 0 Å². The van der Waals surface area contributed by atoms with Crippen molar-refractivity contribution in [2.75, 3.05) is 39.2 Å². The summed E-state index contributed by atoms with van der Waals surface area (Å²) in [5.41, 5.74) is 3.45. The predicted octanol–water partition coefficient (Wildman–Crippen LogP) is 9.28. The van der Waals surface area contributed by atoms with Crippen molar-refractivity contribution >= 4 is 41.1 Å². The highest BCUT2D eigenvalue weighted by atomic mass is 35.5. The van der Waals surface area contributed by atoms with E-state index < -0.39 is 0 Å². The van der Waals surface area contributed by atoms with Gasteiger partial charge in [-0.15, -0.1) is 23.2 Å². The number of hydrogen-bond acceptors (Lipinski definition) is 5. The Kier molecular flexibility index (Phi) is 15.0. The maximum atomic E-state index is 13.4. The summed E-state index contributed by atoms with van der Waals surface area (Å²) >= 11 is 11.5. The smallest absolute Gasteiger partial charge is 0.185 e. The summed E-state index contributed by atoms with van der Waals surface area (Å²) in [5.74, 6) is 4.28. The molecule has 0 aliphatic heterocycles. The lowest BCUT2D eigenvalue weighted by Crippen LogP contribution is -2.12. The van der Waals surface area contributed by atoms with E-state index in [1.807, 2.05) is 48.6 Å². The molecule has 0 N–H and O–H groups in total. The van der Waals surface area contributed by atoms with E-state index in [1.54, 1.807) is 14.2 Å². The topological polar surface area (TPSA) is 54.0 Å². The Morgan fingerprint density at radius 1 is 0.634 bits per heavy atom. The Labute approximate surface area is 255 Å². The van der Waals surface area contributed by atoms with Gasteiger partial charge in [-0.1, -0.05) is 37.8 Å². The zero-order valence-electron chi connectivity index (χ0n) is 24.5. The summed E-state index contributed by atoms with van der Waals surface area (Å²) in [6.45, 7) is 1.28. The Morgan fingerprint density at radius 2 is 1.07 bits per heavy atom. The number of ketones is 1. The molecule has 0 aromatic heterocycles. The largest absolute Gasteiger partial charge is 0.493 e. The Balaban J connectivity index is 1.64. The van der Waals surface area contributed by atoms with Crippen LogP contribution in [0.4, 0.5) is 0 Å². The lowest BCUT2D eigenvalue weighted by atomic mass is 9.87. The minimum Gasteiger partial charge on any atom is -0.493 e. The third kappa shape index (κ3) is 10.9. The molecule has 224 valence electrons. The van der Waals surface area contributed by atoms with Gasteiger partial charge in [0, 0.05) is 22.9 Å². The first-order valence-corrected chi connectivity index (χ1v) is 15.9. The summed E-state index contributed by atoms with van der Waals surface area (Å²) < 4.78 is 23.1. The van der Waals surface area contributed by atoms with Crippen molar-refractivity contribution in [2.45, 2.75) is 70.6 Å². The SMILES string of the molecule is COc1cc(C=C2CCCC(=Cc3ccc(OCCCCCCCl)c(OC)c3)C2=O)ccc1OCCCCCCCl. The third-order valence-corrected chi connectivity index (χ3v) is 7.64. The van der Waals surface area contributed by atoms with Crippen molar-refractivity contribution in [3.05, 3.63) is 58.7 Å². The number of allylic oxidation sites excluding steroid dienone is 2. The van der Waals surface area contributed by atoms with Crippen molar-refractivity contribution in [3.63, 3.8) is 0 Å². The monoisotopic (exact) mass is 602 g/mol. The number of rotatable bonds is 18. The van der Waals surface area contributed by atoms with Gasteiger partial charge >= 0.3 is 0 Å². The molecule has 0 bridgehead atoms. The number of halogens is 2. The van der Waals surface area contributed by atoms with Gasteiger partial charge in [0.1, 0.15) is 0 Å². The number of unbranched alkanes of at least 4 members (excludes halogenated alkanes) is 6. The number of hydrogen-bond donors (Lipinski definition) is 0. The highest BCUT2D eigenvalue weighted by molar-refractivity contribution is 6.18. The van der Waals surface area contributed by atoms with Crippen LogP contribution in [-0.2, 0) is 4.79 Å². The second-order valence-corrected chi connectivity index (χ2v) is 11.0. The van der Waals surface area contributed by atoms with Crippen LogP contribution >= 0.6 is 23.2 Å². The molecule has 0 atom stereocenters. The van der Waals surface area contributed by atoms with Crippen molar-refractivity contribution in [1.29, 1.82) is 0 Å². The maximum Gasteiger partial charge on any atom is 0.185 e. The predicted molar refractivity (Wildman–Crippen MR) is 170 cm³/mol. The number of ether oxygens (including phenoxy) is 4. The van der Waals surface area contributed by atoms with Gasteiger partial charge in [0.2, 0.25) is 0 Å². The zero-order chi connectivity index (χ0) is 29.3. The highest BCUT2D eigenvalue weighted by Crippen LogP contribution is 2.34. The molecule has 1 fully saturated rings. The van der Waals surface area contributed by atoms with Crippen LogP contribution in [0.1, 0.15) is 81.8 Å². The molecule has 7 heteroatoms. The van der Waals surface area contributed by atoms with Crippen LogP contribution in [0.15, 0.2) is 47.5 Å². The quantitative estimate of drug-likeness (QED) is 0.0966. The molecule has 2 aromatic rings. The van der Waals surface area contributed by atoms with Gasteiger partial charge in [-0.2, -0.15) is 0 Å². The van der Waals surface area contributed by atoms with Crippen LogP contribution in [-0.4, -0.2) is 45.0 Å². The molecule has 1 saturated carbocycles. The Bertz CT molecular complexity index is 1070. The van der Waals surface area contributed by atoms with Gasteiger partial charge in [0.25, 0.3) is 0 Å². The molecule has 0 amide bonds. The van der Waals surface area contributed by atoms with Crippen molar-refractivity contribution < 1.29 is 23.7 Å². The number of alkyl halides is 2. The van der Waals surface area contributed by atoms with Gasteiger partial charge in [-0.25, -0.2) is 0 Å². The minimum atomic E-state index is 0.0868. The van der Waals surface area contributed by atoms with Crippen molar-refractivity contribution in [3.8, 4) is 23.0 Å². The second kappa shape index (κ2) is 18.7. The summed E-state index contributed by atoms with van der Waals surface area (Å²) in [5, 5.41) is 0. The molecular weight excluding hydrogens is 559 g/mol. The van der Waals surface area contributed by atoms with Crippen LogP contribution in [0.25, 0.3) is 12.2 Å². The average Bonchev–Trinajstić information content (AvgIpc) is 2.99. The first-order chi connectivity index (χ1) is 20.1. The summed E-state index contributed by atoms with van der Waals surface area (Å²) in [6, 6.07) is 11.7. The van der Waals surface area contributed by atoms with Crippen LogP contribution < -0.4 is 18.9 Å². The van der Waals surface area contributed by atoms with E-state index in [0.717, 1.165) is 104 Å². The van der Waals surface area contributed by atoms with Crippen LogP contribution in [0, 0.1) is 0 Å². The summed E-state index contributed by atoms with van der Waals surface area (Å²) in [4.78, 5) is 13.4. The molecule has 5 nitrogen and oxygen atoms in total. The molecule has 0 radical (unpaired) electrons. The molecular formula is C34H44Cl2O5. The molecule has 0 saturated heterocycles. The van der Waals surface area contributed by atoms with E-state index in [9.17, 15) is 4.79 Å². The van der Waals surface area contributed by atoms with E-state index in [-0.39, 0.29) is 5.78 Å². The number of Topliss-reactive ketones (excluding diaryl/α,β-unsaturated/α-hetero) is 1. The molecule has 41 heavy (non-hydrogen) atoms. The van der Waals surface area contributed by atoms with E-state index in [2.05, 4.69) is 0 Å². The highest BCUT2D eigenvalue weighted by Gasteiger charge is 2.21. The molecule has 0 heterocycles. The lowest BCUT2D eigenvalue weighted by Gasteiger charge is -2.17. The average molecular weight is 604 g/mol. The molecule has 3 rings (SSSR count). The van der Waals surface area contributed by atoms with E-state index in [0.29, 0.717) is 36.5 Å². The third-order valence-electron chi connectivity index (χ3n) is 7.10. The van der Waals surface area contributed by atoms with Crippen LogP contribution in [0.2, 0.25) is 0 Å². The van der Waals surface area contributed by atoms with E-state index >= 15 is 0 Å². The number of methoxy groups -OCH3 is 2. The number of carbonyl (C=O) groups is 1. The zero-order valence-corrected chi connectivity index (χ0v) is 26.0. The van der Waals surface area contributed by atoms with Gasteiger partial charge in [-0.3, -0.25) is 4.79 Å². The van der Waals surface area contributed by atoms with Gasteiger partial charge < -0.3 is 18.9 Å².